The SMILES string of the molecule is C[C@H]1[C@@H](O)CC[C@@H](CCCCCCCCCCc2cc(CCCCCCCCCC[C@@H]3CC[C@H](O)[C@H](C)N3C(=O)OCC(Cl)(Cl)Cl)c3[n+](c2)CCC3)N1C(=O)OCC(Cl)(Cl)Cl. The number of pyridine rings is 1. The van der Waals surface area contributed by atoms with Crippen LogP contribution in [0.5, 0.6) is 0 Å². The lowest BCUT2D eigenvalue weighted by Gasteiger charge is -2.42. The second-order valence-corrected chi connectivity index (χ2v) is 23.1. The Kier molecular flexibility index (Phi) is 23.5. The van der Waals surface area contributed by atoms with Gasteiger partial charge in [-0.1, -0.05) is 159 Å². The molecule has 0 aromatic carbocycles. The lowest BCUT2D eigenvalue weighted by Crippen LogP contribution is -2.55. The molecule has 2 N–H and O–H groups in total. The summed E-state index contributed by atoms with van der Waals surface area (Å²) in [4.78, 5) is 29.0. The molecule has 2 saturated heterocycles. The van der Waals surface area contributed by atoms with E-state index in [1.54, 1.807) is 21.1 Å². The third-order valence-corrected chi connectivity index (χ3v) is 13.9. The van der Waals surface area contributed by atoms with Crippen molar-refractivity contribution in [2.45, 2.75) is 231 Å². The number of rotatable bonds is 24. The summed E-state index contributed by atoms with van der Waals surface area (Å²) in [6.07, 6.45) is 29.0. The van der Waals surface area contributed by atoms with E-state index in [1.807, 2.05) is 13.8 Å². The Morgan fingerprint density at radius 1 is 0.639 bits per heavy atom. The zero-order valence-corrected chi connectivity index (χ0v) is 41.3. The van der Waals surface area contributed by atoms with Crippen molar-refractivity contribution in [2.24, 2.45) is 0 Å². The number of hydrogen-bond acceptors (Lipinski definition) is 6. The van der Waals surface area contributed by atoms with E-state index in [1.165, 1.54) is 102 Å². The number of likely N-dealkylation sites (tertiary alicyclic amines) is 2. The van der Waals surface area contributed by atoms with Crippen LogP contribution in [0.1, 0.15) is 178 Å². The Bertz CT molecular complexity index is 1460. The van der Waals surface area contributed by atoms with Crippen LogP contribution in [-0.2, 0) is 35.3 Å². The number of piperidine rings is 2. The van der Waals surface area contributed by atoms with Gasteiger partial charge < -0.3 is 19.7 Å². The number of carbonyl (C=O) groups is 2. The fourth-order valence-electron chi connectivity index (χ4n) is 9.76. The fourth-order valence-corrected chi connectivity index (χ4v) is 10.1. The third-order valence-electron chi connectivity index (χ3n) is 13.2. The summed E-state index contributed by atoms with van der Waals surface area (Å²) in [7, 11) is 0. The van der Waals surface area contributed by atoms with Crippen molar-refractivity contribution in [1.29, 1.82) is 0 Å². The lowest BCUT2D eigenvalue weighted by atomic mass is 9.91. The molecule has 4 rings (SSSR count). The molecule has 0 aliphatic carbocycles. The molecule has 2 amide bonds. The molecule has 0 saturated carbocycles. The van der Waals surface area contributed by atoms with Crippen molar-refractivity contribution in [3.63, 3.8) is 0 Å². The molecule has 0 unspecified atom stereocenters. The summed E-state index contributed by atoms with van der Waals surface area (Å²) in [6, 6.07) is 1.93. The molecular weight excluding hydrogens is 903 g/mol. The number of carbonyl (C=O) groups excluding carboxylic acids is 2. The highest BCUT2D eigenvalue weighted by Gasteiger charge is 2.40. The number of unbranched alkanes of at least 4 members (excludes halogenated alkanes) is 14. The first kappa shape index (κ1) is 53.0. The number of fused-ring (bicyclic) bond motifs is 1. The average Bonchev–Trinajstić information content (AvgIpc) is 3.68. The van der Waals surface area contributed by atoms with Crippen LogP contribution < -0.4 is 4.57 Å². The van der Waals surface area contributed by atoms with Gasteiger partial charge in [0.15, 0.2) is 11.9 Å². The summed E-state index contributed by atoms with van der Waals surface area (Å²) in [6.45, 7) is 4.24. The number of halogens is 6. The predicted octanol–water partition coefficient (Wildman–Crippen LogP) is 12.5. The van der Waals surface area contributed by atoms with E-state index in [4.69, 9.17) is 79.1 Å². The van der Waals surface area contributed by atoms with Crippen molar-refractivity contribution in [1.82, 2.24) is 9.80 Å². The van der Waals surface area contributed by atoms with E-state index in [-0.39, 0.29) is 37.4 Å². The van der Waals surface area contributed by atoms with E-state index in [0.29, 0.717) is 12.8 Å². The number of aromatic nitrogens is 1. The van der Waals surface area contributed by atoms with Gasteiger partial charge in [-0.3, -0.25) is 9.80 Å². The molecule has 0 radical (unpaired) electrons. The van der Waals surface area contributed by atoms with Crippen LogP contribution in [0.2, 0.25) is 0 Å². The first-order valence-electron chi connectivity index (χ1n) is 23.5. The van der Waals surface area contributed by atoms with Crippen LogP contribution in [0, 0.1) is 0 Å². The summed E-state index contributed by atoms with van der Waals surface area (Å²) < 4.78 is 9.76. The van der Waals surface area contributed by atoms with Crippen LogP contribution in [-0.4, -0.2) is 89.4 Å². The molecule has 0 bridgehead atoms. The van der Waals surface area contributed by atoms with Gasteiger partial charge >= 0.3 is 12.2 Å². The summed E-state index contributed by atoms with van der Waals surface area (Å²) >= 11 is 34.7. The smallest absolute Gasteiger partial charge is 0.410 e. The molecule has 15 heteroatoms. The molecule has 2 fully saturated rings. The Morgan fingerprint density at radius 2 is 1.05 bits per heavy atom. The highest BCUT2D eigenvalue weighted by atomic mass is 35.6. The van der Waals surface area contributed by atoms with Crippen LogP contribution in [0.3, 0.4) is 0 Å². The van der Waals surface area contributed by atoms with Crippen molar-refractivity contribution in [2.75, 3.05) is 13.2 Å². The molecular formula is C46H74Cl6N3O6+. The highest BCUT2D eigenvalue weighted by molar-refractivity contribution is 6.68. The Labute approximate surface area is 396 Å². The Balaban J connectivity index is 1.04. The third kappa shape index (κ3) is 19.0. The van der Waals surface area contributed by atoms with Gasteiger partial charge in [0, 0.05) is 36.1 Å². The first-order chi connectivity index (χ1) is 29.0. The maximum atomic E-state index is 12.8. The predicted molar refractivity (Wildman–Crippen MR) is 249 cm³/mol. The molecule has 61 heavy (non-hydrogen) atoms. The van der Waals surface area contributed by atoms with Crippen molar-refractivity contribution in [3.8, 4) is 0 Å². The van der Waals surface area contributed by atoms with E-state index >= 15 is 0 Å². The number of hydrogen-bond donors (Lipinski definition) is 2. The van der Waals surface area contributed by atoms with E-state index < -0.39 is 32.0 Å². The summed E-state index contributed by atoms with van der Waals surface area (Å²) in [5.41, 5.74) is 4.63. The van der Waals surface area contributed by atoms with Gasteiger partial charge in [0.05, 0.1) is 24.3 Å². The van der Waals surface area contributed by atoms with Gasteiger partial charge in [-0.15, -0.1) is 0 Å². The minimum atomic E-state index is -1.66. The minimum Gasteiger partial charge on any atom is -0.445 e. The maximum Gasteiger partial charge on any atom is 0.410 e. The molecule has 3 aliphatic heterocycles. The van der Waals surface area contributed by atoms with E-state index in [9.17, 15) is 19.8 Å². The number of ether oxygens (including phenoxy) is 2. The standard InChI is InChI=1S/C46H74Cl6N3O6/c1-34-41(56)27-25-38(54(34)43(58)60-32-45(47,48)49)22-17-13-9-5-3-7-11-15-20-36-30-37(40-24-19-29-53(40)31-36)21-16-12-8-4-6-10-14-18-23-39-26-28-42(57)35(2)55(39)44(59)61-33-46(50,51)52/h30-31,34-35,38-39,41-42,56-57H,3-29,32-33H2,1-2H3/q+1/t34-,35-,38+,39+,41-,42-/m0/s1. The molecule has 0 spiro atoms. The first-order valence-corrected chi connectivity index (χ1v) is 25.7. The number of aliphatic hydroxyl groups is 2. The Morgan fingerprint density at radius 3 is 1.49 bits per heavy atom. The van der Waals surface area contributed by atoms with Crippen molar-refractivity contribution >= 4 is 81.8 Å². The summed E-state index contributed by atoms with van der Waals surface area (Å²) in [5, 5.41) is 20.8. The molecule has 6 atom stereocenters. The van der Waals surface area contributed by atoms with Crippen LogP contribution >= 0.6 is 69.6 Å². The van der Waals surface area contributed by atoms with E-state index in [0.717, 1.165) is 64.3 Å². The fraction of sp³-hybridized carbons (Fsp3) is 0.848. The normalized spacial score (nSPS) is 23.3. The van der Waals surface area contributed by atoms with Gasteiger partial charge in [-0.2, -0.15) is 0 Å². The monoisotopic (exact) mass is 974 g/mol. The molecule has 9 nitrogen and oxygen atoms in total. The topological polar surface area (TPSA) is 103 Å². The van der Waals surface area contributed by atoms with Crippen molar-refractivity contribution in [3.05, 3.63) is 29.1 Å². The number of nitrogens with zero attached hydrogens (tertiary/aromatic N) is 3. The van der Waals surface area contributed by atoms with Crippen LogP contribution in [0.15, 0.2) is 12.3 Å². The number of aryl methyl sites for hydroxylation is 3. The van der Waals surface area contributed by atoms with Crippen LogP contribution in [0.25, 0.3) is 0 Å². The zero-order valence-electron chi connectivity index (χ0n) is 36.8. The largest absolute Gasteiger partial charge is 0.445 e. The molecule has 1 aromatic rings. The molecule has 350 valence electrons. The van der Waals surface area contributed by atoms with Crippen molar-refractivity contribution < 1.29 is 33.8 Å². The molecule has 3 aliphatic rings. The number of alkyl halides is 6. The minimum absolute atomic E-state index is 0.0335. The Hall–Kier alpha value is -0.650. The highest BCUT2D eigenvalue weighted by Crippen LogP contribution is 2.32. The van der Waals surface area contributed by atoms with Crippen LogP contribution in [0.4, 0.5) is 9.59 Å². The van der Waals surface area contributed by atoms with Gasteiger partial charge in [0.2, 0.25) is 7.59 Å². The van der Waals surface area contributed by atoms with E-state index in [2.05, 4.69) is 16.8 Å². The van der Waals surface area contributed by atoms with Gasteiger partial charge in [-0.05, 0) is 84.1 Å². The molecule has 4 heterocycles. The number of amides is 2. The average molecular weight is 978 g/mol. The van der Waals surface area contributed by atoms with Gasteiger partial charge in [-0.25, -0.2) is 14.2 Å². The van der Waals surface area contributed by atoms with Gasteiger partial charge in [0.25, 0.3) is 0 Å². The number of aliphatic hydroxyl groups excluding tert-OH is 2. The van der Waals surface area contributed by atoms with Gasteiger partial charge in [0.1, 0.15) is 19.8 Å². The second-order valence-electron chi connectivity index (χ2n) is 18.1. The lowest BCUT2D eigenvalue weighted by molar-refractivity contribution is -0.691. The molecule has 1 aromatic heterocycles. The second kappa shape index (κ2) is 27.1. The quantitative estimate of drug-likeness (QED) is 0.0608. The zero-order chi connectivity index (χ0) is 44.4. The maximum absolute atomic E-state index is 12.8. The summed E-state index contributed by atoms with van der Waals surface area (Å²) in [5.74, 6) is 0.